The number of hydrogen-bond acceptors (Lipinski definition) is 2. The van der Waals surface area contributed by atoms with Gasteiger partial charge in [-0.15, -0.1) is 11.3 Å². The van der Waals surface area contributed by atoms with Crippen LogP contribution in [0.1, 0.15) is 35.6 Å². The summed E-state index contributed by atoms with van der Waals surface area (Å²) in [7, 11) is 0. The summed E-state index contributed by atoms with van der Waals surface area (Å²) in [6, 6.07) is 1.67. The molecular weight excluding hydrogens is 204 g/mol. The van der Waals surface area contributed by atoms with E-state index in [-0.39, 0.29) is 4.88 Å². The minimum atomic E-state index is -2.31. The molecule has 0 bridgehead atoms. The molecule has 1 aliphatic rings. The predicted molar refractivity (Wildman–Crippen MR) is 54.1 cm³/mol. The molecule has 2 rings (SSSR count). The van der Waals surface area contributed by atoms with Gasteiger partial charge in [-0.1, -0.05) is 0 Å². The van der Waals surface area contributed by atoms with Crippen molar-refractivity contribution in [1.29, 1.82) is 0 Å². The van der Waals surface area contributed by atoms with Crippen molar-refractivity contribution >= 4 is 11.3 Å². The van der Waals surface area contributed by atoms with Crippen LogP contribution in [0.2, 0.25) is 0 Å². The molecule has 0 unspecified atom stereocenters. The van der Waals surface area contributed by atoms with Gasteiger partial charge >= 0.3 is 0 Å². The van der Waals surface area contributed by atoms with Crippen LogP contribution in [0.3, 0.4) is 0 Å². The molecule has 0 radical (unpaired) electrons. The Morgan fingerprint density at radius 3 is 2.64 bits per heavy atom. The summed E-state index contributed by atoms with van der Waals surface area (Å²) in [5, 5.41) is 5.16. The predicted octanol–water partition coefficient (Wildman–Crippen LogP) is 3.15. The zero-order valence-electron chi connectivity index (χ0n) is 7.80. The van der Waals surface area contributed by atoms with Gasteiger partial charge in [-0.3, -0.25) is 0 Å². The number of thiophene rings is 1. The third kappa shape index (κ3) is 2.12. The van der Waals surface area contributed by atoms with Crippen molar-refractivity contribution in [2.75, 3.05) is 13.1 Å². The number of rotatable bonds is 2. The van der Waals surface area contributed by atoms with Gasteiger partial charge in [0.1, 0.15) is 0 Å². The van der Waals surface area contributed by atoms with E-state index in [9.17, 15) is 8.78 Å². The molecule has 1 N–H and O–H groups in total. The van der Waals surface area contributed by atoms with Crippen molar-refractivity contribution in [2.24, 2.45) is 0 Å². The summed E-state index contributed by atoms with van der Waals surface area (Å²) in [5.74, 6) is 0.486. The highest BCUT2D eigenvalue weighted by molar-refractivity contribution is 7.10. The Bertz CT molecular complexity index is 292. The summed E-state index contributed by atoms with van der Waals surface area (Å²) >= 11 is 1.18. The van der Waals surface area contributed by atoms with E-state index in [2.05, 4.69) is 5.32 Å². The zero-order chi connectivity index (χ0) is 9.97. The van der Waals surface area contributed by atoms with Gasteiger partial charge in [0.05, 0.1) is 4.88 Å². The average molecular weight is 217 g/mol. The van der Waals surface area contributed by atoms with Gasteiger partial charge < -0.3 is 5.32 Å². The summed E-state index contributed by atoms with van der Waals surface area (Å²) in [4.78, 5) is 0.207. The molecule has 0 amide bonds. The topological polar surface area (TPSA) is 12.0 Å². The minimum absolute atomic E-state index is 0.207. The Kier molecular flexibility index (Phi) is 3.13. The highest BCUT2D eigenvalue weighted by Crippen LogP contribution is 2.33. The lowest BCUT2D eigenvalue weighted by Gasteiger charge is -2.21. The first-order valence-corrected chi connectivity index (χ1v) is 5.72. The van der Waals surface area contributed by atoms with Crippen LogP contribution >= 0.6 is 11.3 Å². The number of halogens is 2. The summed E-state index contributed by atoms with van der Waals surface area (Å²) in [6.45, 7) is 2.01. The fourth-order valence-corrected chi connectivity index (χ4v) is 2.69. The van der Waals surface area contributed by atoms with Crippen molar-refractivity contribution < 1.29 is 8.78 Å². The molecule has 1 aliphatic heterocycles. The van der Waals surface area contributed by atoms with Crippen LogP contribution in [-0.2, 0) is 0 Å². The SMILES string of the molecule is FC(F)c1cc(C2CCNCC2)cs1. The molecule has 14 heavy (non-hydrogen) atoms. The highest BCUT2D eigenvalue weighted by Gasteiger charge is 2.18. The lowest BCUT2D eigenvalue weighted by molar-refractivity contribution is 0.155. The molecule has 1 nitrogen and oxygen atoms in total. The first kappa shape index (κ1) is 10.1. The molecule has 78 valence electrons. The number of alkyl halides is 2. The minimum Gasteiger partial charge on any atom is -0.317 e. The largest absolute Gasteiger partial charge is 0.317 e. The van der Waals surface area contributed by atoms with Gasteiger partial charge in [0, 0.05) is 0 Å². The van der Waals surface area contributed by atoms with Crippen molar-refractivity contribution in [2.45, 2.75) is 25.2 Å². The van der Waals surface area contributed by atoms with E-state index >= 15 is 0 Å². The molecule has 0 aliphatic carbocycles. The molecule has 0 saturated carbocycles. The third-order valence-corrected chi connectivity index (χ3v) is 3.62. The molecular formula is C10H13F2NS. The zero-order valence-corrected chi connectivity index (χ0v) is 8.62. The second-order valence-corrected chi connectivity index (χ2v) is 4.55. The van der Waals surface area contributed by atoms with Crippen LogP contribution < -0.4 is 5.32 Å². The van der Waals surface area contributed by atoms with E-state index in [1.54, 1.807) is 6.07 Å². The van der Waals surface area contributed by atoms with Gasteiger partial charge in [0.25, 0.3) is 6.43 Å². The molecule has 1 fully saturated rings. The van der Waals surface area contributed by atoms with Gasteiger partial charge in [0.2, 0.25) is 0 Å². The van der Waals surface area contributed by atoms with E-state index in [1.807, 2.05) is 5.38 Å². The Morgan fingerprint density at radius 2 is 2.07 bits per heavy atom. The van der Waals surface area contributed by atoms with Crippen LogP contribution in [0, 0.1) is 0 Å². The Morgan fingerprint density at radius 1 is 1.36 bits per heavy atom. The van der Waals surface area contributed by atoms with E-state index in [4.69, 9.17) is 0 Å². The molecule has 1 saturated heterocycles. The van der Waals surface area contributed by atoms with E-state index in [0.29, 0.717) is 5.92 Å². The second-order valence-electron chi connectivity index (χ2n) is 3.61. The maximum atomic E-state index is 12.3. The second kappa shape index (κ2) is 4.36. The fraction of sp³-hybridized carbons (Fsp3) is 0.600. The molecule has 0 aromatic carbocycles. The van der Waals surface area contributed by atoms with Crippen molar-refractivity contribution in [1.82, 2.24) is 5.32 Å². The fourth-order valence-electron chi connectivity index (χ4n) is 1.85. The standard InChI is InChI=1S/C10H13F2NS/c11-10(12)9-5-8(6-14-9)7-1-3-13-4-2-7/h5-7,10,13H,1-4H2. The number of piperidine rings is 1. The first-order valence-electron chi connectivity index (χ1n) is 4.84. The molecule has 2 heterocycles. The maximum Gasteiger partial charge on any atom is 0.272 e. The quantitative estimate of drug-likeness (QED) is 0.802. The van der Waals surface area contributed by atoms with Crippen LogP contribution in [-0.4, -0.2) is 13.1 Å². The first-order chi connectivity index (χ1) is 6.77. The van der Waals surface area contributed by atoms with Gasteiger partial charge in [-0.25, -0.2) is 8.78 Å². The highest BCUT2D eigenvalue weighted by atomic mass is 32.1. The van der Waals surface area contributed by atoms with Crippen LogP contribution in [0.4, 0.5) is 8.78 Å². The molecule has 1 aromatic heterocycles. The Balaban J connectivity index is 2.07. The summed E-state index contributed by atoms with van der Waals surface area (Å²) in [6.07, 6.45) is -0.172. The normalized spacial score (nSPS) is 19.1. The molecule has 0 atom stereocenters. The van der Waals surface area contributed by atoms with Gasteiger partial charge in [-0.05, 0) is 48.9 Å². The monoisotopic (exact) mass is 217 g/mol. The summed E-state index contributed by atoms with van der Waals surface area (Å²) < 4.78 is 24.7. The lowest BCUT2D eigenvalue weighted by atomic mass is 9.92. The van der Waals surface area contributed by atoms with Crippen LogP contribution in [0.5, 0.6) is 0 Å². The Hall–Kier alpha value is -0.480. The number of hydrogen-bond donors (Lipinski definition) is 1. The average Bonchev–Trinajstić information content (AvgIpc) is 2.68. The molecule has 1 aromatic rings. The maximum absolute atomic E-state index is 12.3. The van der Waals surface area contributed by atoms with Gasteiger partial charge in [-0.2, -0.15) is 0 Å². The van der Waals surface area contributed by atoms with Crippen molar-refractivity contribution in [3.63, 3.8) is 0 Å². The van der Waals surface area contributed by atoms with Crippen LogP contribution in [0.15, 0.2) is 11.4 Å². The van der Waals surface area contributed by atoms with Gasteiger partial charge in [0.15, 0.2) is 0 Å². The van der Waals surface area contributed by atoms with Crippen LogP contribution in [0.25, 0.3) is 0 Å². The summed E-state index contributed by atoms with van der Waals surface area (Å²) in [5.41, 5.74) is 1.10. The smallest absolute Gasteiger partial charge is 0.272 e. The molecule has 4 heteroatoms. The van der Waals surface area contributed by atoms with E-state index in [0.717, 1.165) is 31.5 Å². The van der Waals surface area contributed by atoms with Crippen molar-refractivity contribution in [3.05, 3.63) is 21.9 Å². The molecule has 0 spiro atoms. The van der Waals surface area contributed by atoms with Crippen molar-refractivity contribution in [3.8, 4) is 0 Å². The van der Waals surface area contributed by atoms with E-state index < -0.39 is 6.43 Å². The lowest BCUT2D eigenvalue weighted by Crippen LogP contribution is -2.26. The number of nitrogens with one attached hydrogen (secondary N) is 1. The Labute approximate surface area is 86.1 Å². The van der Waals surface area contributed by atoms with E-state index in [1.165, 1.54) is 11.3 Å². The third-order valence-electron chi connectivity index (χ3n) is 2.67.